The third-order valence-corrected chi connectivity index (χ3v) is 9.86. The van der Waals surface area contributed by atoms with Gasteiger partial charge in [-0.05, 0) is 52.5 Å². The number of aliphatic hydroxyl groups excluding tert-OH is 1. The number of esters is 1. The van der Waals surface area contributed by atoms with Crippen LogP contribution in [-0.2, 0) is 35.1 Å². The van der Waals surface area contributed by atoms with E-state index in [-0.39, 0.29) is 42.8 Å². The number of carbonyl (C=O) groups is 4. The fraction of sp³-hybridized carbons (Fsp3) is 0.588. The zero-order chi connectivity index (χ0) is 33.1. The van der Waals surface area contributed by atoms with Gasteiger partial charge in [-0.15, -0.1) is 13.2 Å². The van der Waals surface area contributed by atoms with Crippen LogP contribution in [0.2, 0.25) is 0 Å². The van der Waals surface area contributed by atoms with Gasteiger partial charge in [-0.3, -0.25) is 19.2 Å². The average molecular weight is 689 g/mol. The molecule has 3 aliphatic heterocycles. The van der Waals surface area contributed by atoms with Crippen molar-refractivity contribution in [2.45, 2.75) is 93.6 Å². The first-order valence-corrected chi connectivity index (χ1v) is 16.5. The predicted octanol–water partition coefficient (Wildman–Crippen LogP) is 3.17. The molecule has 8 atom stereocenters. The Kier molecular flexibility index (Phi) is 11.0. The highest BCUT2D eigenvalue weighted by Crippen LogP contribution is 2.61. The van der Waals surface area contributed by atoms with Crippen LogP contribution in [0.1, 0.15) is 52.5 Å². The van der Waals surface area contributed by atoms with Gasteiger partial charge in [0.25, 0.3) is 0 Å². The Bertz CT molecular complexity index is 1280. The number of ether oxygens (including phenoxy) is 2. The van der Waals surface area contributed by atoms with Crippen LogP contribution in [0.5, 0.6) is 0 Å². The highest BCUT2D eigenvalue weighted by atomic mass is 79.9. The molecule has 3 fully saturated rings. The Hall–Kier alpha value is -3.02. The number of likely N-dealkylation sites (tertiary alicyclic amines) is 1. The summed E-state index contributed by atoms with van der Waals surface area (Å²) < 4.78 is 12.4. The molecule has 3 aliphatic rings. The Labute approximate surface area is 274 Å². The minimum atomic E-state index is -1.31. The van der Waals surface area contributed by atoms with Crippen LogP contribution in [0.4, 0.5) is 0 Å². The van der Waals surface area contributed by atoms with Gasteiger partial charge in [0.2, 0.25) is 17.7 Å². The smallest absolute Gasteiger partial charge is 0.312 e. The summed E-state index contributed by atoms with van der Waals surface area (Å²) in [5, 5.41) is 13.4. The van der Waals surface area contributed by atoms with E-state index in [1.807, 2.05) is 51.1 Å². The number of alkyl halides is 1. The van der Waals surface area contributed by atoms with Crippen molar-refractivity contribution in [2.75, 3.05) is 19.7 Å². The van der Waals surface area contributed by atoms with Gasteiger partial charge in [0.15, 0.2) is 0 Å². The van der Waals surface area contributed by atoms with Crippen molar-refractivity contribution in [1.82, 2.24) is 15.1 Å². The topological polar surface area (TPSA) is 125 Å². The number of amides is 3. The van der Waals surface area contributed by atoms with Crippen LogP contribution in [-0.4, -0.2) is 98.6 Å². The van der Waals surface area contributed by atoms with E-state index in [9.17, 15) is 24.3 Å². The molecule has 2 bridgehead atoms. The lowest BCUT2D eigenvalue weighted by Gasteiger charge is -2.43. The zero-order valence-corrected chi connectivity index (χ0v) is 28.2. The molecule has 2 N–H and O–H groups in total. The molecule has 246 valence electrons. The molecule has 1 aromatic carbocycles. The summed E-state index contributed by atoms with van der Waals surface area (Å²) in [7, 11) is 0. The Morgan fingerprint density at radius 2 is 1.93 bits per heavy atom. The molecule has 3 heterocycles. The Morgan fingerprint density at radius 3 is 2.53 bits per heavy atom. The maximum absolute atomic E-state index is 14.7. The van der Waals surface area contributed by atoms with Gasteiger partial charge in [-0.25, -0.2) is 0 Å². The summed E-state index contributed by atoms with van der Waals surface area (Å²) in [6.45, 7) is 14.8. The number of hydrogen-bond acceptors (Lipinski definition) is 7. The number of benzene rings is 1. The SMILES string of the molecule is C=CCCC(=O)NC[C@H](C)OC(=O)[C@H]1[C@@H]2O[C@@]3(CC2Br)[C@@H]1C(=O)N([C@@H](CO)Cc1ccccc1)[C@@H]3C(=O)N(CC=C)C(C)(C)C. The lowest BCUT2D eigenvalue weighted by atomic mass is 9.70. The zero-order valence-electron chi connectivity index (χ0n) is 26.6. The summed E-state index contributed by atoms with van der Waals surface area (Å²) in [4.78, 5) is 58.0. The largest absolute Gasteiger partial charge is 0.460 e. The summed E-state index contributed by atoms with van der Waals surface area (Å²) in [5.74, 6) is -3.50. The number of fused-ring (bicyclic) bond motifs is 1. The van der Waals surface area contributed by atoms with Crippen LogP contribution in [0.25, 0.3) is 0 Å². The highest BCUT2D eigenvalue weighted by Gasteiger charge is 2.77. The molecule has 10 nitrogen and oxygen atoms in total. The molecule has 3 amide bonds. The molecule has 0 aromatic heterocycles. The second kappa shape index (κ2) is 14.2. The van der Waals surface area contributed by atoms with E-state index in [4.69, 9.17) is 9.47 Å². The molecule has 1 aromatic rings. The van der Waals surface area contributed by atoms with Crippen molar-refractivity contribution in [1.29, 1.82) is 0 Å². The molecule has 4 rings (SSSR count). The van der Waals surface area contributed by atoms with Crippen LogP contribution in [0, 0.1) is 11.8 Å². The fourth-order valence-corrected chi connectivity index (χ4v) is 7.96. The fourth-order valence-electron chi connectivity index (χ4n) is 7.02. The van der Waals surface area contributed by atoms with E-state index in [1.165, 1.54) is 4.90 Å². The highest BCUT2D eigenvalue weighted by molar-refractivity contribution is 9.09. The van der Waals surface area contributed by atoms with Crippen molar-refractivity contribution < 1.29 is 33.8 Å². The van der Waals surface area contributed by atoms with Gasteiger partial charge in [-0.2, -0.15) is 0 Å². The number of halogens is 1. The van der Waals surface area contributed by atoms with E-state index < -0.39 is 59.1 Å². The number of nitrogens with zero attached hydrogens (tertiary/aromatic N) is 2. The summed E-state index contributed by atoms with van der Waals surface area (Å²) in [6.07, 6.45) is 3.41. The molecule has 0 radical (unpaired) electrons. The third-order valence-electron chi connectivity index (χ3n) is 9.02. The summed E-state index contributed by atoms with van der Waals surface area (Å²) >= 11 is 3.69. The van der Waals surface area contributed by atoms with E-state index in [2.05, 4.69) is 34.4 Å². The molecule has 0 aliphatic carbocycles. The third kappa shape index (κ3) is 6.90. The number of aliphatic hydroxyl groups is 1. The lowest BCUT2D eigenvalue weighted by molar-refractivity contribution is -0.160. The molecule has 45 heavy (non-hydrogen) atoms. The van der Waals surface area contributed by atoms with Crippen molar-refractivity contribution in [3.8, 4) is 0 Å². The maximum atomic E-state index is 14.7. The first-order valence-electron chi connectivity index (χ1n) is 15.6. The van der Waals surface area contributed by atoms with Crippen molar-refractivity contribution in [2.24, 2.45) is 11.8 Å². The predicted molar refractivity (Wildman–Crippen MR) is 173 cm³/mol. The van der Waals surface area contributed by atoms with Crippen molar-refractivity contribution >= 4 is 39.6 Å². The van der Waals surface area contributed by atoms with Crippen LogP contribution >= 0.6 is 15.9 Å². The van der Waals surface area contributed by atoms with Crippen LogP contribution in [0.15, 0.2) is 55.6 Å². The van der Waals surface area contributed by atoms with E-state index >= 15 is 0 Å². The monoisotopic (exact) mass is 687 g/mol. The number of rotatable bonds is 14. The van der Waals surface area contributed by atoms with Crippen LogP contribution in [0.3, 0.4) is 0 Å². The maximum Gasteiger partial charge on any atom is 0.312 e. The number of allylic oxidation sites excluding steroid dienone is 1. The molecular formula is C34H46BrN3O7. The molecule has 3 saturated heterocycles. The van der Waals surface area contributed by atoms with Crippen molar-refractivity contribution in [3.63, 3.8) is 0 Å². The minimum Gasteiger partial charge on any atom is -0.460 e. The quantitative estimate of drug-likeness (QED) is 0.175. The van der Waals surface area contributed by atoms with Gasteiger partial charge in [0.05, 0.1) is 37.1 Å². The first-order chi connectivity index (χ1) is 21.3. The average Bonchev–Trinajstić information content (AvgIpc) is 3.59. The summed E-state index contributed by atoms with van der Waals surface area (Å²) in [6, 6.07) is 7.64. The van der Waals surface area contributed by atoms with Gasteiger partial charge in [0.1, 0.15) is 17.7 Å². The van der Waals surface area contributed by atoms with Crippen molar-refractivity contribution in [3.05, 3.63) is 61.2 Å². The van der Waals surface area contributed by atoms with Gasteiger partial charge in [-0.1, -0.05) is 58.4 Å². The molecule has 1 unspecified atom stereocenters. The van der Waals surface area contributed by atoms with Gasteiger partial charge >= 0.3 is 5.97 Å². The first kappa shape index (κ1) is 34.8. The molecular weight excluding hydrogens is 642 g/mol. The second-order valence-electron chi connectivity index (χ2n) is 13.2. The Morgan fingerprint density at radius 1 is 1.24 bits per heavy atom. The molecule has 11 heteroatoms. The number of nitrogens with one attached hydrogen (secondary N) is 1. The van der Waals surface area contributed by atoms with E-state index in [1.54, 1.807) is 24.0 Å². The summed E-state index contributed by atoms with van der Waals surface area (Å²) in [5.41, 5.74) is -1.03. The normalized spacial score (nSPS) is 28.3. The minimum absolute atomic E-state index is 0.112. The van der Waals surface area contributed by atoms with E-state index in [0.717, 1.165) is 5.56 Å². The Balaban J connectivity index is 1.70. The number of hydrogen-bond donors (Lipinski definition) is 2. The molecule has 1 spiro atoms. The van der Waals surface area contributed by atoms with Gasteiger partial charge < -0.3 is 29.7 Å². The van der Waals surface area contributed by atoms with Crippen LogP contribution < -0.4 is 5.32 Å². The van der Waals surface area contributed by atoms with E-state index in [0.29, 0.717) is 19.3 Å². The lowest BCUT2D eigenvalue weighted by Crippen LogP contribution is -2.62. The van der Waals surface area contributed by atoms with Gasteiger partial charge in [0, 0.05) is 23.3 Å². The standard InChI is InChI=1S/C34H46BrN3O7/c1-7-9-15-25(40)36-19-21(3)44-32(43)26-27-30(41)38(23(20-39)17-22-13-11-10-12-14-22)29(34(27)18-24(35)28(26)45-34)31(42)37(16-8-2)33(4,5)6/h7-8,10-14,21,23-24,26-29,39H,1-2,9,15-20H2,3-6H3,(H,36,40)/t21-,23+,24?,26+,27-,28+,29+,34-/m0/s1. The number of carbonyl (C=O) groups excluding carboxylic acids is 4. The second-order valence-corrected chi connectivity index (χ2v) is 14.4. The molecule has 0 saturated carbocycles.